The Labute approximate surface area is 110 Å². The van der Waals surface area contributed by atoms with E-state index in [0.717, 1.165) is 16.5 Å². The Morgan fingerprint density at radius 3 is 2.68 bits per heavy atom. The van der Waals surface area contributed by atoms with Crippen LogP contribution in [0.2, 0.25) is 0 Å². The molecule has 19 heavy (non-hydrogen) atoms. The molecule has 0 radical (unpaired) electrons. The van der Waals surface area contributed by atoms with Crippen molar-refractivity contribution in [1.29, 1.82) is 0 Å². The van der Waals surface area contributed by atoms with Crippen LogP contribution in [0.15, 0.2) is 48.5 Å². The van der Waals surface area contributed by atoms with Gasteiger partial charge in [0.25, 0.3) is 0 Å². The van der Waals surface area contributed by atoms with Gasteiger partial charge in [0.15, 0.2) is 0 Å². The molecule has 0 aliphatic carbocycles. The van der Waals surface area contributed by atoms with Gasteiger partial charge in [-0.25, -0.2) is 0 Å². The predicted molar refractivity (Wildman–Crippen MR) is 75.2 cm³/mol. The van der Waals surface area contributed by atoms with Crippen molar-refractivity contribution < 1.29 is 4.74 Å². The number of nitrogens with zero attached hydrogens (tertiary/aromatic N) is 2. The van der Waals surface area contributed by atoms with Crippen molar-refractivity contribution in [1.82, 2.24) is 9.97 Å². The monoisotopic (exact) mass is 251 g/mol. The average molecular weight is 251 g/mol. The quantitative estimate of drug-likeness (QED) is 0.759. The van der Waals surface area contributed by atoms with Crippen LogP contribution in [0.3, 0.4) is 0 Å². The molecule has 0 aliphatic heterocycles. The third kappa shape index (κ3) is 2.33. The number of hydrogen-bond donors (Lipinski definition) is 1. The average Bonchev–Trinajstić information content (AvgIpc) is 2.39. The number of para-hydroxylation sites is 1. The summed E-state index contributed by atoms with van der Waals surface area (Å²) in [6.07, 6.45) is 0. The largest absolute Gasteiger partial charge is 0.424 e. The van der Waals surface area contributed by atoms with Crippen molar-refractivity contribution >= 4 is 16.7 Å². The summed E-state index contributed by atoms with van der Waals surface area (Å²) >= 11 is 0. The number of nitrogens with two attached hydrogens (primary N) is 1. The third-order valence-corrected chi connectivity index (χ3v) is 2.81. The van der Waals surface area contributed by atoms with Gasteiger partial charge in [0.05, 0.1) is 5.52 Å². The van der Waals surface area contributed by atoms with Crippen LogP contribution in [0.25, 0.3) is 10.9 Å². The van der Waals surface area contributed by atoms with Crippen LogP contribution in [0.5, 0.6) is 11.8 Å². The second-order valence-corrected chi connectivity index (χ2v) is 4.33. The molecular weight excluding hydrogens is 238 g/mol. The maximum absolute atomic E-state index is 5.91. The Morgan fingerprint density at radius 2 is 1.84 bits per heavy atom. The van der Waals surface area contributed by atoms with Gasteiger partial charge in [-0.15, -0.1) is 0 Å². The van der Waals surface area contributed by atoms with E-state index in [2.05, 4.69) is 9.97 Å². The molecule has 3 aromatic rings. The van der Waals surface area contributed by atoms with Crippen LogP contribution >= 0.6 is 0 Å². The fraction of sp³-hybridized carbons (Fsp3) is 0.0667. The number of anilines is 1. The second kappa shape index (κ2) is 4.57. The zero-order valence-electron chi connectivity index (χ0n) is 10.5. The SMILES string of the molecule is Cc1cccc(Oc2nc(N)c3ccccc3n2)c1. The molecule has 0 fully saturated rings. The van der Waals surface area contributed by atoms with Gasteiger partial charge in [-0.2, -0.15) is 9.97 Å². The van der Waals surface area contributed by atoms with Crippen LogP contribution < -0.4 is 10.5 Å². The standard InChI is InChI=1S/C15H13N3O/c1-10-5-4-6-11(9-10)19-15-17-13-8-3-2-7-12(13)14(16)18-15/h2-9H,1H3,(H2,16,17,18). The molecule has 0 amide bonds. The highest BCUT2D eigenvalue weighted by Crippen LogP contribution is 2.24. The first kappa shape index (κ1) is 11.5. The van der Waals surface area contributed by atoms with Gasteiger partial charge in [0.2, 0.25) is 0 Å². The first-order chi connectivity index (χ1) is 9.22. The molecule has 94 valence electrons. The molecule has 2 N–H and O–H groups in total. The molecule has 2 aromatic carbocycles. The lowest BCUT2D eigenvalue weighted by Gasteiger charge is -2.07. The molecule has 0 unspecified atom stereocenters. The first-order valence-electron chi connectivity index (χ1n) is 5.99. The van der Waals surface area contributed by atoms with E-state index in [1.807, 2.05) is 55.5 Å². The van der Waals surface area contributed by atoms with Crippen LogP contribution in [-0.2, 0) is 0 Å². The van der Waals surface area contributed by atoms with Crippen molar-refractivity contribution in [2.75, 3.05) is 5.73 Å². The minimum atomic E-state index is 0.266. The number of ether oxygens (including phenoxy) is 1. The summed E-state index contributed by atoms with van der Waals surface area (Å²) in [5.41, 5.74) is 7.80. The van der Waals surface area contributed by atoms with Gasteiger partial charge in [-0.3, -0.25) is 0 Å². The Bertz CT molecular complexity index is 740. The number of fused-ring (bicyclic) bond motifs is 1. The van der Waals surface area contributed by atoms with Crippen molar-refractivity contribution in [3.63, 3.8) is 0 Å². The number of aromatic nitrogens is 2. The molecule has 4 heteroatoms. The van der Waals surface area contributed by atoms with E-state index in [-0.39, 0.29) is 6.01 Å². The molecule has 0 aliphatic rings. The van der Waals surface area contributed by atoms with Gasteiger partial charge < -0.3 is 10.5 Å². The van der Waals surface area contributed by atoms with E-state index in [9.17, 15) is 0 Å². The fourth-order valence-electron chi connectivity index (χ4n) is 1.91. The van der Waals surface area contributed by atoms with Gasteiger partial charge >= 0.3 is 6.01 Å². The first-order valence-corrected chi connectivity index (χ1v) is 5.99. The topological polar surface area (TPSA) is 61.0 Å². The van der Waals surface area contributed by atoms with E-state index in [0.29, 0.717) is 11.6 Å². The molecule has 0 atom stereocenters. The van der Waals surface area contributed by atoms with Crippen molar-refractivity contribution in [3.8, 4) is 11.8 Å². The van der Waals surface area contributed by atoms with Gasteiger partial charge in [0, 0.05) is 5.39 Å². The van der Waals surface area contributed by atoms with E-state index >= 15 is 0 Å². The predicted octanol–water partition coefficient (Wildman–Crippen LogP) is 3.31. The summed E-state index contributed by atoms with van der Waals surface area (Å²) in [7, 11) is 0. The zero-order valence-corrected chi connectivity index (χ0v) is 10.5. The second-order valence-electron chi connectivity index (χ2n) is 4.33. The summed E-state index contributed by atoms with van der Waals surface area (Å²) in [5.74, 6) is 1.13. The van der Waals surface area contributed by atoms with Crippen molar-refractivity contribution in [3.05, 3.63) is 54.1 Å². The van der Waals surface area contributed by atoms with Crippen molar-refractivity contribution in [2.45, 2.75) is 6.92 Å². The van der Waals surface area contributed by atoms with Gasteiger partial charge in [-0.05, 0) is 36.8 Å². The van der Waals surface area contributed by atoms with Crippen molar-refractivity contribution in [2.24, 2.45) is 0 Å². The molecule has 1 heterocycles. The van der Waals surface area contributed by atoms with E-state index in [1.165, 1.54) is 0 Å². The Balaban J connectivity index is 2.02. The molecule has 0 saturated carbocycles. The fourth-order valence-corrected chi connectivity index (χ4v) is 1.91. The maximum atomic E-state index is 5.91. The molecule has 1 aromatic heterocycles. The van der Waals surface area contributed by atoms with Crippen LogP contribution in [0, 0.1) is 6.92 Å². The Kier molecular flexibility index (Phi) is 2.76. The summed E-state index contributed by atoms with van der Waals surface area (Å²) in [6.45, 7) is 2.00. The van der Waals surface area contributed by atoms with Gasteiger partial charge in [0.1, 0.15) is 11.6 Å². The lowest BCUT2D eigenvalue weighted by molar-refractivity contribution is 0.445. The molecule has 0 spiro atoms. The Hall–Kier alpha value is -2.62. The van der Waals surface area contributed by atoms with E-state index in [1.54, 1.807) is 0 Å². The minimum absolute atomic E-state index is 0.266. The summed E-state index contributed by atoms with van der Waals surface area (Å²) in [4.78, 5) is 8.52. The molecule has 0 saturated heterocycles. The highest BCUT2D eigenvalue weighted by Gasteiger charge is 2.06. The number of benzene rings is 2. The third-order valence-electron chi connectivity index (χ3n) is 2.81. The molecule has 3 rings (SSSR count). The summed E-state index contributed by atoms with van der Waals surface area (Å²) in [6, 6.07) is 15.6. The molecular formula is C15H13N3O. The summed E-state index contributed by atoms with van der Waals surface area (Å²) < 4.78 is 5.65. The lowest BCUT2D eigenvalue weighted by atomic mass is 10.2. The highest BCUT2D eigenvalue weighted by molar-refractivity contribution is 5.88. The van der Waals surface area contributed by atoms with Crippen LogP contribution in [-0.4, -0.2) is 9.97 Å². The number of hydrogen-bond acceptors (Lipinski definition) is 4. The summed E-state index contributed by atoms with van der Waals surface area (Å²) in [5, 5.41) is 0.832. The maximum Gasteiger partial charge on any atom is 0.324 e. The van der Waals surface area contributed by atoms with E-state index in [4.69, 9.17) is 10.5 Å². The normalized spacial score (nSPS) is 10.6. The molecule has 4 nitrogen and oxygen atoms in total. The lowest BCUT2D eigenvalue weighted by Crippen LogP contribution is -1.98. The Morgan fingerprint density at radius 1 is 1.00 bits per heavy atom. The number of aryl methyl sites for hydroxylation is 1. The van der Waals surface area contributed by atoms with E-state index < -0.39 is 0 Å². The van der Waals surface area contributed by atoms with Crippen LogP contribution in [0.4, 0.5) is 5.82 Å². The smallest absolute Gasteiger partial charge is 0.324 e. The van der Waals surface area contributed by atoms with Gasteiger partial charge in [-0.1, -0.05) is 24.3 Å². The zero-order chi connectivity index (χ0) is 13.2. The minimum Gasteiger partial charge on any atom is -0.424 e. The highest BCUT2D eigenvalue weighted by atomic mass is 16.5. The number of nitrogen functional groups attached to an aromatic ring is 1. The van der Waals surface area contributed by atoms with Crippen LogP contribution in [0.1, 0.15) is 5.56 Å². The number of rotatable bonds is 2. The molecule has 0 bridgehead atoms.